The zero-order valence-corrected chi connectivity index (χ0v) is 6.93. The third-order valence-corrected chi connectivity index (χ3v) is 1.88. The second-order valence-electron chi connectivity index (χ2n) is 2.57. The smallest absolute Gasteiger partial charge is 0.124 e. The van der Waals surface area contributed by atoms with Gasteiger partial charge in [0.1, 0.15) is 12.0 Å². The van der Waals surface area contributed by atoms with E-state index in [4.69, 9.17) is 4.52 Å². The van der Waals surface area contributed by atoms with E-state index in [-0.39, 0.29) is 12.4 Å². The SMILES string of the molecule is Cl.c1cc(C2CCCN2)no1. The van der Waals surface area contributed by atoms with Crippen LogP contribution < -0.4 is 5.32 Å². The van der Waals surface area contributed by atoms with Crippen LogP contribution in [-0.2, 0) is 0 Å². The Morgan fingerprint density at radius 3 is 3.09 bits per heavy atom. The summed E-state index contributed by atoms with van der Waals surface area (Å²) in [5, 5.41) is 7.20. The molecule has 0 amide bonds. The highest BCUT2D eigenvalue weighted by molar-refractivity contribution is 5.85. The number of hydrogen-bond donors (Lipinski definition) is 1. The van der Waals surface area contributed by atoms with Crippen molar-refractivity contribution in [3.05, 3.63) is 18.0 Å². The van der Waals surface area contributed by atoms with Crippen LogP contribution in [0.1, 0.15) is 24.6 Å². The monoisotopic (exact) mass is 174 g/mol. The maximum atomic E-state index is 4.74. The fraction of sp³-hybridized carbons (Fsp3) is 0.571. The molecule has 4 heteroatoms. The maximum Gasteiger partial charge on any atom is 0.124 e. The maximum absolute atomic E-state index is 4.74. The van der Waals surface area contributed by atoms with Crippen LogP contribution in [0.4, 0.5) is 0 Å². The summed E-state index contributed by atoms with van der Waals surface area (Å²) in [6.45, 7) is 1.11. The summed E-state index contributed by atoms with van der Waals surface area (Å²) in [7, 11) is 0. The molecule has 62 valence electrons. The Morgan fingerprint density at radius 1 is 1.64 bits per heavy atom. The highest BCUT2D eigenvalue weighted by Gasteiger charge is 2.17. The first-order valence-corrected chi connectivity index (χ1v) is 3.60. The first-order chi connectivity index (χ1) is 4.97. The topological polar surface area (TPSA) is 38.1 Å². The van der Waals surface area contributed by atoms with Crippen LogP contribution in [-0.4, -0.2) is 11.7 Å². The molecule has 1 aromatic heterocycles. The molecule has 1 aromatic rings. The quantitative estimate of drug-likeness (QED) is 0.702. The summed E-state index contributed by atoms with van der Waals surface area (Å²) in [6, 6.07) is 2.36. The van der Waals surface area contributed by atoms with Crippen LogP contribution in [0.25, 0.3) is 0 Å². The highest BCUT2D eigenvalue weighted by Crippen LogP contribution is 2.20. The van der Waals surface area contributed by atoms with Crippen molar-refractivity contribution in [2.75, 3.05) is 6.54 Å². The molecule has 1 N–H and O–H groups in total. The van der Waals surface area contributed by atoms with Gasteiger partial charge in [0.15, 0.2) is 0 Å². The minimum Gasteiger partial charge on any atom is -0.364 e. The molecule has 2 heterocycles. The van der Waals surface area contributed by atoms with Crippen molar-refractivity contribution in [2.24, 2.45) is 0 Å². The average Bonchev–Trinajstić information content (AvgIpc) is 2.59. The zero-order chi connectivity index (χ0) is 6.81. The van der Waals surface area contributed by atoms with Crippen LogP contribution in [0, 0.1) is 0 Å². The van der Waals surface area contributed by atoms with E-state index < -0.39 is 0 Å². The van der Waals surface area contributed by atoms with Crippen molar-refractivity contribution in [3.8, 4) is 0 Å². The molecule has 2 rings (SSSR count). The minimum absolute atomic E-state index is 0. The van der Waals surface area contributed by atoms with Gasteiger partial charge in [-0.15, -0.1) is 12.4 Å². The van der Waals surface area contributed by atoms with E-state index in [1.807, 2.05) is 6.07 Å². The number of halogens is 1. The molecule has 0 spiro atoms. The Morgan fingerprint density at radius 2 is 2.55 bits per heavy atom. The molecule has 0 bridgehead atoms. The minimum atomic E-state index is 0. The van der Waals surface area contributed by atoms with Crippen molar-refractivity contribution in [1.29, 1.82) is 0 Å². The third-order valence-electron chi connectivity index (χ3n) is 1.88. The van der Waals surface area contributed by atoms with Gasteiger partial charge >= 0.3 is 0 Å². The van der Waals surface area contributed by atoms with Gasteiger partial charge in [0.05, 0.1) is 6.04 Å². The van der Waals surface area contributed by atoms with Crippen molar-refractivity contribution >= 4 is 12.4 Å². The molecule has 1 saturated heterocycles. The van der Waals surface area contributed by atoms with E-state index in [2.05, 4.69) is 10.5 Å². The van der Waals surface area contributed by atoms with Gasteiger partial charge in [0.25, 0.3) is 0 Å². The van der Waals surface area contributed by atoms with Gasteiger partial charge in [0, 0.05) is 6.07 Å². The van der Waals surface area contributed by atoms with Gasteiger partial charge < -0.3 is 9.84 Å². The lowest BCUT2D eigenvalue weighted by Gasteiger charge is -2.02. The Hall–Kier alpha value is -0.540. The molecule has 1 aliphatic heterocycles. The van der Waals surface area contributed by atoms with Crippen LogP contribution in [0.2, 0.25) is 0 Å². The van der Waals surface area contributed by atoms with E-state index in [1.54, 1.807) is 6.26 Å². The summed E-state index contributed by atoms with van der Waals surface area (Å²) < 4.78 is 4.74. The van der Waals surface area contributed by atoms with Gasteiger partial charge in [0.2, 0.25) is 0 Å². The number of aromatic nitrogens is 1. The van der Waals surface area contributed by atoms with Crippen molar-refractivity contribution in [1.82, 2.24) is 10.5 Å². The van der Waals surface area contributed by atoms with E-state index >= 15 is 0 Å². The van der Waals surface area contributed by atoms with Crippen molar-refractivity contribution in [3.63, 3.8) is 0 Å². The normalized spacial score (nSPS) is 23.1. The molecular weight excluding hydrogens is 164 g/mol. The number of nitrogens with one attached hydrogen (secondary N) is 1. The lowest BCUT2D eigenvalue weighted by Crippen LogP contribution is -2.12. The molecular formula is C7H11ClN2O. The average molecular weight is 175 g/mol. The Labute approximate surface area is 71.6 Å². The molecule has 0 saturated carbocycles. The summed E-state index contributed by atoms with van der Waals surface area (Å²) in [4.78, 5) is 0. The van der Waals surface area contributed by atoms with Gasteiger partial charge in [-0.25, -0.2) is 0 Å². The molecule has 1 atom stereocenters. The predicted octanol–water partition coefficient (Wildman–Crippen LogP) is 1.52. The standard InChI is InChI=1S/C7H10N2O.ClH/c1-2-6(8-4-1)7-3-5-10-9-7;/h3,5-6,8H,1-2,4H2;1H. The highest BCUT2D eigenvalue weighted by atomic mass is 35.5. The molecule has 0 aromatic carbocycles. The number of hydrogen-bond acceptors (Lipinski definition) is 3. The van der Waals surface area contributed by atoms with E-state index in [1.165, 1.54) is 12.8 Å². The summed E-state index contributed by atoms with van der Waals surface area (Å²) >= 11 is 0. The summed E-state index contributed by atoms with van der Waals surface area (Å²) in [6.07, 6.45) is 4.05. The first-order valence-electron chi connectivity index (χ1n) is 3.60. The lowest BCUT2D eigenvalue weighted by molar-refractivity contribution is 0.401. The lowest BCUT2D eigenvalue weighted by atomic mass is 10.2. The summed E-state index contributed by atoms with van der Waals surface area (Å²) in [5.74, 6) is 0. The van der Waals surface area contributed by atoms with Gasteiger partial charge in [-0.05, 0) is 19.4 Å². The second-order valence-corrected chi connectivity index (χ2v) is 2.57. The number of nitrogens with zero attached hydrogens (tertiary/aromatic N) is 1. The van der Waals surface area contributed by atoms with Crippen molar-refractivity contribution in [2.45, 2.75) is 18.9 Å². The van der Waals surface area contributed by atoms with Crippen LogP contribution in [0.15, 0.2) is 16.9 Å². The predicted molar refractivity (Wildman–Crippen MR) is 43.7 cm³/mol. The van der Waals surface area contributed by atoms with E-state index in [0.29, 0.717) is 6.04 Å². The third kappa shape index (κ3) is 1.73. The largest absolute Gasteiger partial charge is 0.364 e. The van der Waals surface area contributed by atoms with E-state index in [9.17, 15) is 0 Å². The Balaban J connectivity index is 0.000000605. The Kier molecular flexibility index (Phi) is 2.91. The first kappa shape index (κ1) is 8.56. The number of rotatable bonds is 1. The van der Waals surface area contributed by atoms with Crippen LogP contribution in [0.5, 0.6) is 0 Å². The van der Waals surface area contributed by atoms with E-state index in [0.717, 1.165) is 12.2 Å². The molecule has 11 heavy (non-hydrogen) atoms. The molecule has 3 nitrogen and oxygen atoms in total. The summed E-state index contributed by atoms with van der Waals surface area (Å²) in [5.41, 5.74) is 1.04. The van der Waals surface area contributed by atoms with Gasteiger partial charge in [-0.3, -0.25) is 0 Å². The fourth-order valence-corrected chi connectivity index (χ4v) is 1.34. The van der Waals surface area contributed by atoms with Crippen LogP contribution in [0.3, 0.4) is 0 Å². The molecule has 1 unspecified atom stereocenters. The van der Waals surface area contributed by atoms with Gasteiger partial charge in [-0.2, -0.15) is 0 Å². The molecule has 1 aliphatic rings. The molecule has 0 aliphatic carbocycles. The van der Waals surface area contributed by atoms with Crippen LogP contribution >= 0.6 is 12.4 Å². The molecule has 1 fully saturated rings. The van der Waals surface area contributed by atoms with Gasteiger partial charge in [-0.1, -0.05) is 5.16 Å². The fourth-order valence-electron chi connectivity index (χ4n) is 1.34. The zero-order valence-electron chi connectivity index (χ0n) is 6.12. The van der Waals surface area contributed by atoms with Crippen molar-refractivity contribution < 1.29 is 4.52 Å². The molecule has 0 radical (unpaired) electrons. The Bertz CT molecular complexity index is 194. The second kappa shape index (κ2) is 3.74.